The van der Waals surface area contributed by atoms with Crippen LogP contribution in [0.4, 0.5) is 11.9 Å². The first kappa shape index (κ1) is 20.2. The molecule has 0 unspecified atom stereocenters. The van der Waals surface area contributed by atoms with E-state index in [9.17, 15) is 4.79 Å². The van der Waals surface area contributed by atoms with Gasteiger partial charge >= 0.3 is 0 Å². The molecule has 0 radical (unpaired) electrons. The van der Waals surface area contributed by atoms with Crippen LogP contribution in [0.15, 0.2) is 63.0 Å². The van der Waals surface area contributed by atoms with Crippen LogP contribution in [0.25, 0.3) is 22.0 Å². The van der Waals surface area contributed by atoms with E-state index in [1.807, 2.05) is 37.3 Å². The summed E-state index contributed by atoms with van der Waals surface area (Å²) in [4.78, 5) is 32.9. The van der Waals surface area contributed by atoms with Crippen LogP contribution >= 0.6 is 11.8 Å². The predicted molar refractivity (Wildman–Crippen MR) is 125 cm³/mol. The normalized spacial score (nSPS) is 11.3. The minimum absolute atomic E-state index is 0.263. The van der Waals surface area contributed by atoms with Crippen LogP contribution in [0.2, 0.25) is 0 Å². The lowest BCUT2D eigenvalue weighted by atomic mass is 10.1. The standard InChI is InChI=1S/C23H20N6O2S/c1-3-14-8-9-17-16(10-14)13(2)24-21(26-17)29-22-25-15(11-20(30)28-22)12-32-23-27-18-6-4-5-7-19(18)31-23/h4-11H,3,12H2,1-2H3,(H2,24,25,26,28,29,30). The summed E-state index contributed by atoms with van der Waals surface area (Å²) in [6, 6.07) is 15.2. The maximum atomic E-state index is 12.2. The summed E-state index contributed by atoms with van der Waals surface area (Å²) >= 11 is 1.38. The zero-order chi connectivity index (χ0) is 22.1. The summed E-state index contributed by atoms with van der Waals surface area (Å²) in [7, 11) is 0. The molecule has 0 aliphatic rings. The number of para-hydroxylation sites is 2. The van der Waals surface area contributed by atoms with Crippen molar-refractivity contribution in [1.29, 1.82) is 0 Å². The molecule has 0 saturated heterocycles. The first-order valence-electron chi connectivity index (χ1n) is 10.2. The molecule has 0 atom stereocenters. The summed E-state index contributed by atoms with van der Waals surface area (Å²) in [5.74, 6) is 1.10. The van der Waals surface area contributed by atoms with Crippen molar-refractivity contribution in [2.75, 3.05) is 5.32 Å². The van der Waals surface area contributed by atoms with Crippen molar-refractivity contribution in [3.63, 3.8) is 0 Å². The molecule has 0 amide bonds. The number of nitrogens with zero attached hydrogens (tertiary/aromatic N) is 4. The zero-order valence-electron chi connectivity index (χ0n) is 17.5. The van der Waals surface area contributed by atoms with E-state index in [0.717, 1.165) is 34.1 Å². The van der Waals surface area contributed by atoms with E-state index in [2.05, 4.69) is 49.3 Å². The van der Waals surface area contributed by atoms with Crippen molar-refractivity contribution in [3.8, 4) is 0 Å². The topological polar surface area (TPSA) is 110 Å². The number of H-pyrrole nitrogens is 1. The van der Waals surface area contributed by atoms with E-state index in [1.165, 1.54) is 23.4 Å². The third-order valence-corrected chi connectivity index (χ3v) is 5.86. The minimum atomic E-state index is -0.263. The monoisotopic (exact) mass is 444 g/mol. The highest BCUT2D eigenvalue weighted by Gasteiger charge is 2.10. The average Bonchev–Trinajstić information content (AvgIpc) is 3.20. The highest BCUT2D eigenvalue weighted by Crippen LogP contribution is 2.26. The molecule has 5 rings (SSSR count). The van der Waals surface area contributed by atoms with Gasteiger partial charge in [0.15, 0.2) is 5.58 Å². The number of aryl methyl sites for hydroxylation is 2. The second-order valence-corrected chi connectivity index (χ2v) is 8.21. The summed E-state index contributed by atoms with van der Waals surface area (Å²) in [6.45, 7) is 4.06. The Balaban J connectivity index is 1.37. The Hall–Kier alpha value is -3.72. The molecular weight excluding hydrogens is 424 g/mol. The van der Waals surface area contributed by atoms with E-state index >= 15 is 0 Å². The lowest BCUT2D eigenvalue weighted by molar-refractivity contribution is 0.489. The van der Waals surface area contributed by atoms with Crippen LogP contribution in [0.3, 0.4) is 0 Å². The number of rotatable bonds is 6. The smallest absolute Gasteiger partial charge is 0.257 e. The average molecular weight is 445 g/mol. The number of hydrogen-bond acceptors (Lipinski definition) is 8. The van der Waals surface area contributed by atoms with Gasteiger partial charge in [0, 0.05) is 17.2 Å². The molecule has 32 heavy (non-hydrogen) atoms. The molecule has 2 aromatic carbocycles. The lowest BCUT2D eigenvalue weighted by Crippen LogP contribution is -2.13. The SMILES string of the molecule is CCc1ccc2nc(Nc3nc(CSc4nc5ccccc5o4)cc(=O)[nH]3)nc(C)c2c1. The van der Waals surface area contributed by atoms with E-state index in [4.69, 9.17) is 4.42 Å². The Morgan fingerprint density at radius 3 is 2.75 bits per heavy atom. The van der Waals surface area contributed by atoms with Crippen molar-refractivity contribution >= 4 is 45.7 Å². The summed E-state index contributed by atoms with van der Waals surface area (Å²) in [5, 5.41) is 4.57. The number of hydrogen-bond donors (Lipinski definition) is 2. The Morgan fingerprint density at radius 2 is 1.91 bits per heavy atom. The maximum absolute atomic E-state index is 12.2. The number of anilines is 2. The summed E-state index contributed by atoms with van der Waals surface area (Å²) < 4.78 is 5.72. The largest absolute Gasteiger partial charge is 0.431 e. The molecule has 0 fully saturated rings. The van der Waals surface area contributed by atoms with Gasteiger partial charge in [-0.25, -0.2) is 19.9 Å². The molecule has 0 aliphatic carbocycles. The van der Waals surface area contributed by atoms with Gasteiger partial charge < -0.3 is 4.42 Å². The Morgan fingerprint density at radius 1 is 1.03 bits per heavy atom. The molecule has 9 heteroatoms. The van der Waals surface area contributed by atoms with E-state index in [1.54, 1.807) is 0 Å². The third-order valence-electron chi connectivity index (χ3n) is 5.00. The molecule has 5 aromatic rings. The van der Waals surface area contributed by atoms with Crippen LogP contribution < -0.4 is 10.9 Å². The molecule has 8 nitrogen and oxygen atoms in total. The van der Waals surface area contributed by atoms with Gasteiger partial charge in [0.25, 0.3) is 10.8 Å². The van der Waals surface area contributed by atoms with Crippen LogP contribution in [0, 0.1) is 6.92 Å². The fourth-order valence-electron chi connectivity index (χ4n) is 3.40. The first-order chi connectivity index (χ1) is 15.6. The Bertz CT molecular complexity index is 1460. The Kier molecular flexibility index (Phi) is 5.32. The van der Waals surface area contributed by atoms with Crippen molar-refractivity contribution in [2.45, 2.75) is 31.2 Å². The molecule has 2 N–H and O–H groups in total. The van der Waals surface area contributed by atoms with E-state index < -0.39 is 0 Å². The van der Waals surface area contributed by atoms with Crippen LogP contribution in [0.5, 0.6) is 0 Å². The molecule has 3 aromatic heterocycles. The highest BCUT2D eigenvalue weighted by atomic mass is 32.2. The summed E-state index contributed by atoms with van der Waals surface area (Å²) in [6.07, 6.45) is 0.953. The number of oxazole rings is 1. The number of benzene rings is 2. The minimum Gasteiger partial charge on any atom is -0.431 e. The number of fused-ring (bicyclic) bond motifs is 2. The quantitative estimate of drug-likeness (QED) is 0.361. The third kappa shape index (κ3) is 4.19. The number of thioether (sulfide) groups is 1. The fraction of sp³-hybridized carbons (Fsp3) is 0.174. The predicted octanol–water partition coefficient (Wildman–Crippen LogP) is 4.76. The first-order valence-corrected chi connectivity index (χ1v) is 11.2. The molecular formula is C23H20N6O2S. The van der Waals surface area contributed by atoms with Crippen molar-refractivity contribution in [3.05, 3.63) is 75.8 Å². The molecule has 3 heterocycles. The van der Waals surface area contributed by atoms with Gasteiger partial charge in [-0.2, -0.15) is 0 Å². The van der Waals surface area contributed by atoms with Gasteiger partial charge in [0.05, 0.1) is 16.9 Å². The molecule has 0 saturated carbocycles. The second kappa shape index (κ2) is 8.43. The lowest BCUT2D eigenvalue weighted by Gasteiger charge is -2.09. The van der Waals surface area contributed by atoms with Crippen LogP contribution in [-0.2, 0) is 12.2 Å². The van der Waals surface area contributed by atoms with Gasteiger partial charge in [-0.15, -0.1) is 0 Å². The van der Waals surface area contributed by atoms with Crippen LogP contribution in [-0.4, -0.2) is 24.9 Å². The molecule has 0 bridgehead atoms. The van der Waals surface area contributed by atoms with E-state index in [-0.39, 0.29) is 11.5 Å². The number of aromatic amines is 1. The fourth-order valence-corrected chi connectivity index (χ4v) is 4.13. The van der Waals surface area contributed by atoms with Crippen molar-refractivity contribution in [2.24, 2.45) is 0 Å². The maximum Gasteiger partial charge on any atom is 0.257 e. The number of nitrogens with one attached hydrogen (secondary N) is 2. The molecule has 160 valence electrons. The van der Waals surface area contributed by atoms with Gasteiger partial charge in [-0.1, -0.05) is 36.9 Å². The van der Waals surface area contributed by atoms with Crippen molar-refractivity contribution < 1.29 is 4.42 Å². The van der Waals surface area contributed by atoms with Crippen molar-refractivity contribution in [1.82, 2.24) is 24.9 Å². The molecule has 0 aliphatic heterocycles. The Labute approximate surface area is 187 Å². The van der Waals surface area contributed by atoms with Crippen LogP contribution in [0.1, 0.15) is 23.9 Å². The summed E-state index contributed by atoms with van der Waals surface area (Å²) in [5.41, 5.74) is 4.78. The second-order valence-electron chi connectivity index (χ2n) is 7.28. The highest BCUT2D eigenvalue weighted by molar-refractivity contribution is 7.98. The van der Waals surface area contributed by atoms with Gasteiger partial charge in [0.2, 0.25) is 11.9 Å². The van der Waals surface area contributed by atoms with Gasteiger partial charge in [-0.3, -0.25) is 15.1 Å². The van der Waals surface area contributed by atoms with E-state index in [0.29, 0.717) is 22.6 Å². The molecule has 0 spiro atoms. The number of aromatic nitrogens is 5. The zero-order valence-corrected chi connectivity index (χ0v) is 18.4. The van der Waals surface area contributed by atoms with Gasteiger partial charge in [0.1, 0.15) is 5.52 Å². The van der Waals surface area contributed by atoms with Gasteiger partial charge in [-0.05, 0) is 43.2 Å².